The third-order valence-electron chi connectivity index (χ3n) is 4.42. The van der Waals surface area contributed by atoms with Crippen molar-refractivity contribution in [2.24, 2.45) is 4.99 Å². The van der Waals surface area contributed by atoms with Crippen molar-refractivity contribution < 1.29 is 19.3 Å². The topological polar surface area (TPSA) is 82.0 Å². The van der Waals surface area contributed by atoms with Gasteiger partial charge in [0.15, 0.2) is 0 Å². The highest BCUT2D eigenvalue weighted by atomic mass is 16.3. The van der Waals surface area contributed by atoms with Gasteiger partial charge >= 0.3 is 12.0 Å². The van der Waals surface area contributed by atoms with E-state index in [1.54, 1.807) is 29.8 Å². The van der Waals surface area contributed by atoms with Gasteiger partial charge in [-0.3, -0.25) is 14.6 Å². The molecule has 24 heavy (non-hydrogen) atoms. The number of imidazole rings is 1. The second kappa shape index (κ2) is 4.67. The highest BCUT2D eigenvalue weighted by Gasteiger charge is 2.52. The van der Waals surface area contributed by atoms with Crippen LogP contribution in [0.3, 0.4) is 0 Å². The number of hydrogen-bond donors (Lipinski definition) is 1. The number of phenols is 1. The third kappa shape index (κ3) is 1.73. The van der Waals surface area contributed by atoms with Gasteiger partial charge in [-0.1, -0.05) is 11.1 Å². The van der Waals surface area contributed by atoms with Crippen molar-refractivity contribution in [1.82, 2.24) is 14.4 Å². The Kier molecular flexibility index (Phi) is 2.81. The molecule has 0 saturated carbocycles. The number of nitrogens with zero attached hydrogens (tertiary/aromatic N) is 5. The van der Waals surface area contributed by atoms with Crippen LogP contribution in [0.2, 0.25) is 0 Å². The zero-order chi connectivity index (χ0) is 17.2. The number of carbonyl (C=O) groups is 2. The first-order valence-electron chi connectivity index (χ1n) is 7.47. The molecule has 8 heteroatoms. The number of phenolic OH excluding ortho intramolecular Hbond substituents is 1. The fraction of sp³-hybridized carbons (Fsp3) is 0.250. The number of aromatic hydroxyl groups is 1. The van der Waals surface area contributed by atoms with Crippen LogP contribution in [0.4, 0.5) is 10.7 Å². The van der Waals surface area contributed by atoms with Crippen LogP contribution in [0.25, 0.3) is 5.69 Å². The molecule has 122 valence electrons. The van der Waals surface area contributed by atoms with E-state index in [0.717, 1.165) is 16.3 Å². The average Bonchev–Trinajstić information content (AvgIpc) is 3.05. The third-order valence-corrected chi connectivity index (χ3v) is 4.42. The molecule has 2 aliphatic rings. The van der Waals surface area contributed by atoms with Gasteiger partial charge in [-0.25, -0.2) is 9.36 Å². The summed E-state index contributed by atoms with van der Waals surface area (Å²) in [5.74, 6) is 0.785. The molecule has 3 heterocycles. The Bertz CT molecular complexity index is 930. The Labute approximate surface area is 137 Å². The first-order valence-corrected chi connectivity index (χ1v) is 7.47. The summed E-state index contributed by atoms with van der Waals surface area (Å²) in [6.45, 7) is 1.90. The van der Waals surface area contributed by atoms with Gasteiger partial charge < -0.3 is 5.11 Å². The molecule has 1 N–H and O–H groups in total. The minimum absolute atomic E-state index is 0.144. The molecule has 0 bridgehead atoms. The fourth-order valence-corrected chi connectivity index (χ4v) is 3.22. The Morgan fingerprint density at radius 3 is 2.67 bits per heavy atom. The van der Waals surface area contributed by atoms with Crippen molar-refractivity contribution in [3.63, 3.8) is 0 Å². The van der Waals surface area contributed by atoms with Crippen molar-refractivity contribution in [1.29, 1.82) is 0 Å². The minimum Gasteiger partial charge on any atom is -0.508 e. The zero-order valence-electron chi connectivity index (χ0n) is 13.5. The molecule has 3 amide bonds. The van der Waals surface area contributed by atoms with E-state index in [-0.39, 0.29) is 11.7 Å². The summed E-state index contributed by atoms with van der Waals surface area (Å²) in [4.78, 5) is 31.7. The lowest BCUT2D eigenvalue weighted by atomic mass is 10.2. The number of urea groups is 1. The highest BCUT2D eigenvalue weighted by Crippen LogP contribution is 2.31. The van der Waals surface area contributed by atoms with E-state index in [2.05, 4.69) is 4.99 Å². The second-order valence-corrected chi connectivity index (χ2v) is 5.94. The van der Waals surface area contributed by atoms with Gasteiger partial charge in [0.1, 0.15) is 23.3 Å². The summed E-state index contributed by atoms with van der Waals surface area (Å²) in [5, 5.41) is 9.74. The summed E-state index contributed by atoms with van der Waals surface area (Å²) in [6.07, 6.45) is 1.83. The largest absolute Gasteiger partial charge is 0.508 e. The Morgan fingerprint density at radius 1 is 1.21 bits per heavy atom. The van der Waals surface area contributed by atoms with E-state index in [0.29, 0.717) is 11.8 Å². The standard InChI is InChI=1S/C16H15N5O3/c1-9-8-20-12-13(18(2)16(24)19(3)14(12)23)17-15(20)21(9)10-5-4-6-11(22)7-10/h4-8,12H,1-3H3/p+1. The number of imide groups is 1. The molecule has 2 aromatic rings. The number of fused-ring (bicyclic) bond motifs is 3. The molecule has 0 aliphatic carbocycles. The number of benzene rings is 1. The number of aromatic nitrogens is 2. The Balaban J connectivity index is 1.92. The maximum absolute atomic E-state index is 12.6. The van der Waals surface area contributed by atoms with Crippen LogP contribution in [0.1, 0.15) is 11.7 Å². The lowest BCUT2D eigenvalue weighted by Crippen LogP contribution is -2.61. The second-order valence-electron chi connectivity index (χ2n) is 5.94. The number of likely N-dealkylation sites (N-methyl/N-ethyl adjacent to an activating group) is 2. The van der Waals surface area contributed by atoms with Crippen molar-refractivity contribution in [3.05, 3.63) is 36.2 Å². The molecule has 2 aliphatic heterocycles. The van der Waals surface area contributed by atoms with E-state index in [1.807, 2.05) is 23.8 Å². The molecule has 1 fully saturated rings. The fourth-order valence-electron chi connectivity index (χ4n) is 3.22. The Morgan fingerprint density at radius 2 is 1.96 bits per heavy atom. The maximum atomic E-state index is 12.6. The SMILES string of the molecule is Cc1c[n+]2c(n1-c1cccc(O)c1)N=C1C2C(=O)N(C)C(=O)N1C. The van der Waals surface area contributed by atoms with Crippen molar-refractivity contribution in [3.8, 4) is 11.4 Å². The number of carbonyl (C=O) groups excluding carboxylic acids is 2. The van der Waals surface area contributed by atoms with Gasteiger partial charge in [-0.05, 0) is 19.1 Å². The number of amides is 3. The summed E-state index contributed by atoms with van der Waals surface area (Å²) >= 11 is 0. The first-order chi connectivity index (χ1) is 11.4. The number of aliphatic imine (C=N–C) groups is 1. The summed E-state index contributed by atoms with van der Waals surface area (Å²) in [6, 6.07) is 5.75. The molecule has 1 aromatic heterocycles. The van der Waals surface area contributed by atoms with E-state index < -0.39 is 12.1 Å². The highest BCUT2D eigenvalue weighted by molar-refractivity contribution is 6.18. The predicted octanol–water partition coefficient (Wildman–Crippen LogP) is 0.887. The molecule has 1 aromatic carbocycles. The van der Waals surface area contributed by atoms with E-state index in [4.69, 9.17) is 0 Å². The normalized spacial score (nSPS) is 19.5. The molecule has 0 radical (unpaired) electrons. The maximum Gasteiger partial charge on any atom is 0.406 e. The lowest BCUT2D eigenvalue weighted by Gasteiger charge is -2.30. The summed E-state index contributed by atoms with van der Waals surface area (Å²) in [7, 11) is 3.07. The van der Waals surface area contributed by atoms with Crippen LogP contribution >= 0.6 is 0 Å². The van der Waals surface area contributed by atoms with Gasteiger partial charge in [-0.15, -0.1) is 0 Å². The minimum atomic E-state index is -0.648. The van der Waals surface area contributed by atoms with Gasteiger partial charge in [0.25, 0.3) is 5.91 Å². The molecular weight excluding hydrogens is 310 g/mol. The molecule has 1 unspecified atom stereocenters. The van der Waals surface area contributed by atoms with Crippen molar-refractivity contribution in [2.45, 2.75) is 13.0 Å². The number of amidine groups is 1. The van der Waals surface area contributed by atoms with Crippen LogP contribution in [-0.4, -0.2) is 51.3 Å². The molecule has 1 saturated heterocycles. The van der Waals surface area contributed by atoms with Crippen molar-refractivity contribution in [2.75, 3.05) is 14.1 Å². The van der Waals surface area contributed by atoms with E-state index in [1.165, 1.54) is 11.9 Å². The predicted molar refractivity (Wildman–Crippen MR) is 84.4 cm³/mol. The van der Waals surface area contributed by atoms with Crippen LogP contribution in [-0.2, 0) is 4.79 Å². The van der Waals surface area contributed by atoms with Crippen LogP contribution < -0.4 is 4.57 Å². The Hall–Kier alpha value is -3.16. The molecular formula is C16H16N5O3+. The van der Waals surface area contributed by atoms with E-state index >= 15 is 0 Å². The molecule has 1 atom stereocenters. The van der Waals surface area contributed by atoms with Crippen LogP contribution in [0.5, 0.6) is 5.75 Å². The average molecular weight is 326 g/mol. The lowest BCUT2D eigenvalue weighted by molar-refractivity contribution is -0.676. The van der Waals surface area contributed by atoms with Gasteiger partial charge in [-0.2, -0.15) is 4.57 Å². The number of hydrogen-bond acceptors (Lipinski definition) is 4. The number of aryl methyl sites for hydroxylation is 1. The molecule has 4 rings (SSSR count). The van der Waals surface area contributed by atoms with E-state index in [9.17, 15) is 14.7 Å². The smallest absolute Gasteiger partial charge is 0.406 e. The summed E-state index contributed by atoms with van der Waals surface area (Å²) < 4.78 is 3.60. The first kappa shape index (κ1) is 14.4. The summed E-state index contributed by atoms with van der Waals surface area (Å²) in [5.41, 5.74) is 1.60. The van der Waals surface area contributed by atoms with Gasteiger partial charge in [0.2, 0.25) is 11.9 Å². The number of rotatable bonds is 1. The quantitative estimate of drug-likeness (QED) is 0.790. The molecule has 0 spiro atoms. The zero-order valence-corrected chi connectivity index (χ0v) is 13.5. The van der Waals surface area contributed by atoms with Crippen LogP contribution in [0, 0.1) is 6.92 Å². The van der Waals surface area contributed by atoms with Gasteiger partial charge in [0.05, 0.1) is 0 Å². The monoisotopic (exact) mass is 326 g/mol. The van der Waals surface area contributed by atoms with Gasteiger partial charge in [0, 0.05) is 20.2 Å². The van der Waals surface area contributed by atoms with Crippen molar-refractivity contribution >= 4 is 23.7 Å². The molecule has 8 nitrogen and oxygen atoms in total. The van der Waals surface area contributed by atoms with Crippen LogP contribution in [0.15, 0.2) is 35.5 Å².